The summed E-state index contributed by atoms with van der Waals surface area (Å²) in [5.74, 6) is 0.489. The Bertz CT molecular complexity index is 627. The SMILES string of the molecule is COc1cncc(NS(=O)(=O)c2ccccc2)c1. The molecule has 1 heterocycles. The zero-order valence-electron chi connectivity index (χ0n) is 9.70. The van der Waals surface area contributed by atoms with Gasteiger partial charge < -0.3 is 4.74 Å². The molecule has 0 spiro atoms. The molecule has 94 valence electrons. The Morgan fingerprint density at radius 2 is 1.89 bits per heavy atom. The molecule has 2 aromatic rings. The van der Waals surface area contributed by atoms with E-state index in [-0.39, 0.29) is 4.90 Å². The van der Waals surface area contributed by atoms with Gasteiger partial charge in [0, 0.05) is 6.07 Å². The number of nitrogens with zero attached hydrogens (tertiary/aromatic N) is 1. The molecule has 0 amide bonds. The van der Waals surface area contributed by atoms with Crippen LogP contribution in [0.25, 0.3) is 0 Å². The molecule has 0 fully saturated rings. The van der Waals surface area contributed by atoms with Crippen LogP contribution >= 0.6 is 0 Å². The Morgan fingerprint density at radius 1 is 1.17 bits per heavy atom. The van der Waals surface area contributed by atoms with E-state index in [1.54, 1.807) is 24.3 Å². The Labute approximate surface area is 105 Å². The fraction of sp³-hybridized carbons (Fsp3) is 0.0833. The lowest BCUT2D eigenvalue weighted by Gasteiger charge is -2.08. The number of sulfonamides is 1. The van der Waals surface area contributed by atoms with Gasteiger partial charge in [0.05, 0.1) is 30.1 Å². The molecule has 0 atom stereocenters. The van der Waals surface area contributed by atoms with Gasteiger partial charge in [0.1, 0.15) is 5.75 Å². The van der Waals surface area contributed by atoms with E-state index in [2.05, 4.69) is 9.71 Å². The number of methoxy groups -OCH3 is 1. The highest BCUT2D eigenvalue weighted by molar-refractivity contribution is 7.92. The maximum atomic E-state index is 12.0. The first-order valence-electron chi connectivity index (χ1n) is 5.19. The van der Waals surface area contributed by atoms with Gasteiger partial charge in [0.15, 0.2) is 0 Å². The topological polar surface area (TPSA) is 68.3 Å². The summed E-state index contributed by atoms with van der Waals surface area (Å²) < 4.78 is 31.5. The molecule has 0 saturated heterocycles. The summed E-state index contributed by atoms with van der Waals surface area (Å²) in [4.78, 5) is 4.08. The van der Waals surface area contributed by atoms with Gasteiger partial charge in [-0.25, -0.2) is 8.42 Å². The van der Waals surface area contributed by atoms with E-state index in [1.807, 2.05) is 0 Å². The second kappa shape index (κ2) is 5.05. The lowest BCUT2D eigenvalue weighted by atomic mass is 10.4. The van der Waals surface area contributed by atoms with Crippen LogP contribution in [0.15, 0.2) is 53.7 Å². The molecule has 0 aliphatic rings. The van der Waals surface area contributed by atoms with Crippen LogP contribution in [0.2, 0.25) is 0 Å². The highest BCUT2D eigenvalue weighted by Crippen LogP contribution is 2.18. The van der Waals surface area contributed by atoms with E-state index in [1.165, 1.54) is 31.6 Å². The van der Waals surface area contributed by atoms with Crippen molar-refractivity contribution in [3.8, 4) is 5.75 Å². The van der Waals surface area contributed by atoms with Gasteiger partial charge in [-0.15, -0.1) is 0 Å². The normalized spacial score (nSPS) is 10.9. The Hall–Kier alpha value is -2.08. The quantitative estimate of drug-likeness (QED) is 0.915. The van der Waals surface area contributed by atoms with Gasteiger partial charge in [0.25, 0.3) is 10.0 Å². The molecule has 2 rings (SSSR count). The monoisotopic (exact) mass is 264 g/mol. The van der Waals surface area contributed by atoms with Gasteiger partial charge in [-0.05, 0) is 12.1 Å². The maximum absolute atomic E-state index is 12.0. The fourth-order valence-corrected chi connectivity index (χ4v) is 2.46. The van der Waals surface area contributed by atoms with Crippen molar-refractivity contribution in [1.82, 2.24) is 4.98 Å². The molecule has 0 saturated carbocycles. The molecular weight excluding hydrogens is 252 g/mol. The maximum Gasteiger partial charge on any atom is 0.261 e. The summed E-state index contributed by atoms with van der Waals surface area (Å²) in [6.45, 7) is 0. The van der Waals surface area contributed by atoms with E-state index >= 15 is 0 Å². The predicted molar refractivity (Wildman–Crippen MR) is 68.0 cm³/mol. The minimum atomic E-state index is -3.58. The number of hydrogen-bond donors (Lipinski definition) is 1. The molecule has 0 aliphatic heterocycles. The van der Waals surface area contributed by atoms with Crippen LogP contribution in [-0.2, 0) is 10.0 Å². The average Bonchev–Trinajstić information content (AvgIpc) is 2.39. The van der Waals surface area contributed by atoms with Gasteiger partial charge >= 0.3 is 0 Å². The predicted octanol–water partition coefficient (Wildman–Crippen LogP) is 1.89. The first kappa shape index (κ1) is 12.4. The van der Waals surface area contributed by atoms with Crippen LogP contribution in [0.3, 0.4) is 0 Å². The third-order valence-corrected chi connectivity index (χ3v) is 3.65. The van der Waals surface area contributed by atoms with Gasteiger partial charge in [-0.2, -0.15) is 0 Å². The number of ether oxygens (including phenoxy) is 1. The van der Waals surface area contributed by atoms with Crippen molar-refractivity contribution in [2.75, 3.05) is 11.8 Å². The summed E-state index contributed by atoms with van der Waals surface area (Å²) in [7, 11) is -2.09. The minimum absolute atomic E-state index is 0.202. The van der Waals surface area contributed by atoms with Crippen molar-refractivity contribution in [1.29, 1.82) is 0 Å². The van der Waals surface area contributed by atoms with Crippen molar-refractivity contribution in [3.05, 3.63) is 48.8 Å². The molecule has 1 N–H and O–H groups in total. The van der Waals surface area contributed by atoms with Crippen molar-refractivity contribution in [3.63, 3.8) is 0 Å². The van der Waals surface area contributed by atoms with E-state index < -0.39 is 10.0 Å². The van der Waals surface area contributed by atoms with E-state index in [0.717, 1.165) is 0 Å². The first-order valence-corrected chi connectivity index (χ1v) is 6.67. The molecule has 1 aromatic heterocycles. The van der Waals surface area contributed by atoms with Crippen LogP contribution in [0.4, 0.5) is 5.69 Å². The molecule has 1 aromatic carbocycles. The average molecular weight is 264 g/mol. The van der Waals surface area contributed by atoms with E-state index in [4.69, 9.17) is 4.74 Å². The number of aromatic nitrogens is 1. The largest absolute Gasteiger partial charge is 0.495 e. The number of anilines is 1. The summed E-state index contributed by atoms with van der Waals surface area (Å²) in [5, 5.41) is 0. The number of pyridine rings is 1. The molecule has 6 heteroatoms. The number of hydrogen-bond acceptors (Lipinski definition) is 4. The van der Waals surface area contributed by atoms with E-state index in [9.17, 15) is 8.42 Å². The van der Waals surface area contributed by atoms with Gasteiger partial charge in [0.2, 0.25) is 0 Å². The van der Waals surface area contributed by atoms with Crippen LogP contribution in [-0.4, -0.2) is 20.5 Å². The number of rotatable bonds is 4. The van der Waals surface area contributed by atoms with Crippen LogP contribution in [0.5, 0.6) is 5.75 Å². The minimum Gasteiger partial charge on any atom is -0.495 e. The summed E-state index contributed by atoms with van der Waals surface area (Å²) in [5.41, 5.74) is 0.359. The summed E-state index contributed by atoms with van der Waals surface area (Å²) in [6, 6.07) is 9.70. The highest BCUT2D eigenvalue weighted by Gasteiger charge is 2.13. The van der Waals surface area contributed by atoms with Crippen molar-refractivity contribution in [2.45, 2.75) is 4.90 Å². The standard InChI is InChI=1S/C12H12N2O3S/c1-17-11-7-10(8-13-9-11)14-18(15,16)12-5-3-2-4-6-12/h2-9,14H,1H3. The van der Waals surface area contributed by atoms with Gasteiger partial charge in [-0.1, -0.05) is 18.2 Å². The van der Waals surface area contributed by atoms with Crippen molar-refractivity contribution < 1.29 is 13.2 Å². The third-order valence-electron chi connectivity index (χ3n) is 2.25. The smallest absolute Gasteiger partial charge is 0.261 e. The van der Waals surface area contributed by atoms with Crippen LogP contribution in [0, 0.1) is 0 Å². The second-order valence-electron chi connectivity index (χ2n) is 3.53. The van der Waals surface area contributed by atoms with Crippen molar-refractivity contribution >= 4 is 15.7 Å². The zero-order chi connectivity index (χ0) is 13.0. The number of benzene rings is 1. The lowest BCUT2D eigenvalue weighted by Crippen LogP contribution is -2.12. The molecule has 0 aliphatic carbocycles. The molecular formula is C12H12N2O3S. The zero-order valence-corrected chi connectivity index (χ0v) is 10.5. The highest BCUT2D eigenvalue weighted by atomic mass is 32.2. The molecule has 18 heavy (non-hydrogen) atoms. The molecule has 0 radical (unpaired) electrons. The molecule has 5 nitrogen and oxygen atoms in total. The number of nitrogens with one attached hydrogen (secondary N) is 1. The van der Waals surface area contributed by atoms with Crippen molar-refractivity contribution in [2.24, 2.45) is 0 Å². The molecule has 0 bridgehead atoms. The summed E-state index contributed by atoms with van der Waals surface area (Å²) in [6.07, 6.45) is 2.92. The van der Waals surface area contributed by atoms with Crippen LogP contribution in [0.1, 0.15) is 0 Å². The van der Waals surface area contributed by atoms with E-state index in [0.29, 0.717) is 11.4 Å². The fourth-order valence-electron chi connectivity index (χ4n) is 1.40. The molecule has 0 unspecified atom stereocenters. The Balaban J connectivity index is 2.28. The Kier molecular flexibility index (Phi) is 3.47. The van der Waals surface area contributed by atoms with Crippen LogP contribution < -0.4 is 9.46 Å². The second-order valence-corrected chi connectivity index (χ2v) is 5.21. The van der Waals surface area contributed by atoms with Gasteiger partial charge in [-0.3, -0.25) is 9.71 Å². The summed E-state index contributed by atoms with van der Waals surface area (Å²) >= 11 is 0. The third kappa shape index (κ3) is 2.78. The Morgan fingerprint density at radius 3 is 2.56 bits per heavy atom. The lowest BCUT2D eigenvalue weighted by molar-refractivity contribution is 0.413. The first-order chi connectivity index (χ1) is 8.62.